The number of hydrogen-bond donors (Lipinski definition) is 2. The van der Waals surface area contributed by atoms with Crippen LogP contribution >= 0.6 is 0 Å². The highest BCUT2D eigenvalue weighted by Gasteiger charge is 2.29. The number of halogens is 1. The Morgan fingerprint density at radius 2 is 1.74 bits per heavy atom. The lowest BCUT2D eigenvalue weighted by Crippen LogP contribution is -2.38. The molecule has 3 N–H and O–H groups in total. The summed E-state index contributed by atoms with van der Waals surface area (Å²) >= 11 is 0. The van der Waals surface area contributed by atoms with Crippen LogP contribution in [0.4, 0.5) is 4.39 Å². The van der Waals surface area contributed by atoms with Crippen molar-refractivity contribution in [3.05, 3.63) is 35.6 Å². The molecule has 0 bridgehead atoms. The molecule has 0 aliphatic rings. The summed E-state index contributed by atoms with van der Waals surface area (Å²) in [5, 5.41) is 9.73. The van der Waals surface area contributed by atoms with Gasteiger partial charge in [-0.3, -0.25) is 0 Å². The number of benzene rings is 1. The van der Waals surface area contributed by atoms with Crippen LogP contribution in [-0.4, -0.2) is 18.3 Å². The molecular weight excluding hydrogens is 241 g/mol. The second-order valence-electron chi connectivity index (χ2n) is 5.31. The zero-order valence-electron chi connectivity index (χ0n) is 11.9. The van der Waals surface area contributed by atoms with Gasteiger partial charge < -0.3 is 10.8 Å². The van der Waals surface area contributed by atoms with Crippen molar-refractivity contribution in [3.63, 3.8) is 0 Å². The van der Waals surface area contributed by atoms with Gasteiger partial charge in [0.05, 0.1) is 6.61 Å². The van der Waals surface area contributed by atoms with E-state index in [0.717, 1.165) is 24.8 Å². The second kappa shape index (κ2) is 8.28. The minimum absolute atomic E-state index is 0.0168. The van der Waals surface area contributed by atoms with Crippen LogP contribution in [0.1, 0.15) is 51.0 Å². The second-order valence-corrected chi connectivity index (χ2v) is 5.31. The topological polar surface area (TPSA) is 46.2 Å². The molecule has 1 unspecified atom stereocenters. The van der Waals surface area contributed by atoms with E-state index >= 15 is 0 Å². The highest BCUT2D eigenvalue weighted by Crippen LogP contribution is 2.29. The Kier molecular flexibility index (Phi) is 7.03. The Morgan fingerprint density at radius 3 is 2.26 bits per heavy atom. The minimum atomic E-state index is -0.417. The molecule has 0 radical (unpaired) electrons. The highest BCUT2D eigenvalue weighted by molar-refractivity contribution is 5.26. The van der Waals surface area contributed by atoms with Gasteiger partial charge in [-0.1, -0.05) is 51.2 Å². The van der Waals surface area contributed by atoms with Gasteiger partial charge in [0.1, 0.15) is 5.82 Å². The van der Waals surface area contributed by atoms with Crippen LogP contribution in [0, 0.1) is 5.82 Å². The van der Waals surface area contributed by atoms with Gasteiger partial charge in [0.25, 0.3) is 0 Å². The standard InChI is InChI=1S/C16H26FNO/c1-2-3-4-5-6-11-16(12-18,13-19)14-7-9-15(17)10-8-14/h7-10,19H,2-6,11-13,18H2,1H3. The Labute approximate surface area is 115 Å². The summed E-state index contributed by atoms with van der Waals surface area (Å²) < 4.78 is 13.0. The van der Waals surface area contributed by atoms with Gasteiger partial charge in [-0.05, 0) is 24.1 Å². The van der Waals surface area contributed by atoms with Gasteiger partial charge in [0.2, 0.25) is 0 Å². The van der Waals surface area contributed by atoms with Gasteiger partial charge in [0, 0.05) is 12.0 Å². The molecule has 2 nitrogen and oxygen atoms in total. The third-order valence-corrected chi connectivity index (χ3v) is 3.91. The maximum atomic E-state index is 13.0. The SMILES string of the molecule is CCCCCCCC(CN)(CO)c1ccc(F)cc1. The van der Waals surface area contributed by atoms with E-state index in [9.17, 15) is 9.50 Å². The highest BCUT2D eigenvalue weighted by atomic mass is 19.1. The third kappa shape index (κ3) is 4.59. The smallest absolute Gasteiger partial charge is 0.123 e. The molecule has 0 saturated carbocycles. The number of hydrogen-bond acceptors (Lipinski definition) is 2. The molecule has 0 heterocycles. The van der Waals surface area contributed by atoms with E-state index in [0.29, 0.717) is 6.54 Å². The predicted molar refractivity (Wildman–Crippen MR) is 77.6 cm³/mol. The summed E-state index contributed by atoms with van der Waals surface area (Å²) in [6.07, 6.45) is 6.78. The number of aliphatic hydroxyl groups excluding tert-OH is 1. The fourth-order valence-electron chi connectivity index (χ4n) is 2.47. The van der Waals surface area contributed by atoms with Crippen LogP contribution in [0.15, 0.2) is 24.3 Å². The van der Waals surface area contributed by atoms with Gasteiger partial charge >= 0.3 is 0 Å². The van der Waals surface area contributed by atoms with Gasteiger partial charge in [-0.15, -0.1) is 0 Å². The molecule has 0 saturated heterocycles. The first-order chi connectivity index (χ1) is 9.18. The van der Waals surface area contributed by atoms with Crippen LogP contribution in [0.25, 0.3) is 0 Å². The minimum Gasteiger partial charge on any atom is -0.395 e. The summed E-state index contributed by atoms with van der Waals surface area (Å²) in [5.41, 5.74) is 6.40. The molecule has 108 valence electrons. The van der Waals surface area contributed by atoms with Gasteiger partial charge in [0.15, 0.2) is 0 Å². The van der Waals surface area contributed by atoms with Gasteiger partial charge in [-0.2, -0.15) is 0 Å². The molecule has 0 spiro atoms. The average molecular weight is 267 g/mol. The molecule has 0 fully saturated rings. The van der Waals surface area contributed by atoms with Gasteiger partial charge in [-0.25, -0.2) is 4.39 Å². The molecule has 1 atom stereocenters. The number of nitrogens with two attached hydrogens (primary N) is 1. The largest absolute Gasteiger partial charge is 0.395 e. The Balaban J connectivity index is 2.65. The zero-order valence-corrected chi connectivity index (χ0v) is 11.9. The van der Waals surface area contributed by atoms with E-state index < -0.39 is 5.41 Å². The maximum Gasteiger partial charge on any atom is 0.123 e. The van der Waals surface area contributed by atoms with E-state index in [-0.39, 0.29) is 12.4 Å². The van der Waals surface area contributed by atoms with Crippen LogP contribution in [-0.2, 0) is 5.41 Å². The first-order valence-electron chi connectivity index (χ1n) is 7.25. The van der Waals surface area contributed by atoms with E-state index in [2.05, 4.69) is 6.92 Å². The lowest BCUT2D eigenvalue weighted by Gasteiger charge is -2.31. The van der Waals surface area contributed by atoms with Crippen molar-refractivity contribution in [2.24, 2.45) is 5.73 Å². The summed E-state index contributed by atoms with van der Waals surface area (Å²) in [7, 11) is 0. The van der Waals surface area contributed by atoms with Crippen molar-refractivity contribution in [2.45, 2.75) is 50.9 Å². The van der Waals surface area contributed by atoms with Crippen LogP contribution in [0.5, 0.6) is 0 Å². The third-order valence-electron chi connectivity index (χ3n) is 3.91. The molecule has 0 aromatic heterocycles. The number of rotatable bonds is 9. The average Bonchev–Trinajstić information content (AvgIpc) is 2.45. The number of aliphatic hydroxyl groups is 1. The molecule has 3 heteroatoms. The Hall–Kier alpha value is -0.930. The van der Waals surface area contributed by atoms with Crippen LogP contribution in [0.3, 0.4) is 0 Å². The lowest BCUT2D eigenvalue weighted by atomic mass is 9.77. The van der Waals surface area contributed by atoms with Crippen molar-refractivity contribution in [3.8, 4) is 0 Å². The number of unbranched alkanes of at least 4 members (excludes halogenated alkanes) is 4. The summed E-state index contributed by atoms with van der Waals surface area (Å²) in [6.45, 7) is 2.60. The first kappa shape index (κ1) is 16.1. The molecule has 0 aliphatic carbocycles. The molecular formula is C16H26FNO. The zero-order chi connectivity index (χ0) is 14.1. The molecule has 1 aromatic carbocycles. The first-order valence-corrected chi connectivity index (χ1v) is 7.25. The van der Waals surface area contributed by atoms with Crippen LogP contribution in [0.2, 0.25) is 0 Å². The predicted octanol–water partition coefficient (Wildman–Crippen LogP) is 3.38. The van der Waals surface area contributed by atoms with Crippen LogP contribution < -0.4 is 5.73 Å². The van der Waals surface area contributed by atoms with Crippen molar-refractivity contribution in [1.29, 1.82) is 0 Å². The van der Waals surface area contributed by atoms with E-state index in [1.807, 2.05) is 0 Å². The quantitative estimate of drug-likeness (QED) is 0.674. The fraction of sp³-hybridized carbons (Fsp3) is 0.625. The Bertz CT molecular complexity index is 346. The Morgan fingerprint density at radius 1 is 1.11 bits per heavy atom. The van der Waals surface area contributed by atoms with E-state index in [1.165, 1.54) is 31.4 Å². The molecule has 1 aromatic rings. The lowest BCUT2D eigenvalue weighted by molar-refractivity contribution is 0.184. The van der Waals surface area contributed by atoms with Crippen molar-refractivity contribution in [2.75, 3.05) is 13.2 Å². The maximum absolute atomic E-state index is 13.0. The summed E-state index contributed by atoms with van der Waals surface area (Å²) in [6, 6.07) is 6.36. The van der Waals surface area contributed by atoms with Crippen molar-refractivity contribution < 1.29 is 9.50 Å². The molecule has 0 amide bonds. The summed E-state index contributed by atoms with van der Waals surface area (Å²) in [4.78, 5) is 0. The fourth-order valence-corrected chi connectivity index (χ4v) is 2.47. The van der Waals surface area contributed by atoms with Crippen molar-refractivity contribution >= 4 is 0 Å². The molecule has 1 rings (SSSR count). The normalized spacial score (nSPS) is 14.3. The van der Waals surface area contributed by atoms with E-state index in [4.69, 9.17) is 5.73 Å². The molecule has 0 aliphatic heterocycles. The monoisotopic (exact) mass is 267 g/mol. The summed E-state index contributed by atoms with van der Waals surface area (Å²) in [5.74, 6) is -0.254. The molecule has 19 heavy (non-hydrogen) atoms. The van der Waals surface area contributed by atoms with E-state index in [1.54, 1.807) is 12.1 Å². The van der Waals surface area contributed by atoms with Crippen molar-refractivity contribution in [1.82, 2.24) is 0 Å².